The van der Waals surface area contributed by atoms with E-state index in [1.807, 2.05) is 0 Å². The summed E-state index contributed by atoms with van der Waals surface area (Å²) in [5, 5.41) is 0.847. The van der Waals surface area contributed by atoms with Gasteiger partial charge < -0.3 is 5.73 Å². The number of benzene rings is 1. The van der Waals surface area contributed by atoms with Gasteiger partial charge in [0, 0.05) is 21.1 Å². The Morgan fingerprint density at radius 1 is 1.25 bits per heavy atom. The minimum atomic E-state index is -3.90. The van der Waals surface area contributed by atoms with E-state index in [4.69, 9.17) is 28.0 Å². The Labute approximate surface area is 101 Å². The molecule has 0 fully saturated rings. The molecule has 2 rings (SSSR count). The number of nitrogens with two attached hydrogens (primary N) is 1. The van der Waals surface area contributed by atoms with Crippen LogP contribution in [0.1, 0.15) is 0 Å². The molecule has 1 heterocycles. The Hall–Kier alpha value is -1.04. The van der Waals surface area contributed by atoms with E-state index in [1.165, 1.54) is 6.07 Å². The lowest BCUT2D eigenvalue weighted by atomic mass is 10.2. The van der Waals surface area contributed by atoms with Crippen LogP contribution in [-0.2, 0) is 9.05 Å². The third kappa shape index (κ3) is 2.07. The lowest BCUT2D eigenvalue weighted by Crippen LogP contribution is -1.97. The molecule has 0 bridgehead atoms. The minimum absolute atomic E-state index is 0.135. The molecule has 0 aliphatic rings. The van der Waals surface area contributed by atoms with E-state index >= 15 is 0 Å². The lowest BCUT2D eigenvalue weighted by molar-refractivity contribution is 0.610. The zero-order valence-corrected chi connectivity index (χ0v) is 10.1. The van der Waals surface area contributed by atoms with Crippen LogP contribution < -0.4 is 5.73 Å². The van der Waals surface area contributed by atoms with Crippen molar-refractivity contribution >= 4 is 48.1 Å². The van der Waals surface area contributed by atoms with Crippen LogP contribution in [0.5, 0.6) is 0 Å². The average molecular weight is 277 g/mol. The molecule has 84 valence electrons. The normalized spacial score (nSPS) is 11.9. The highest BCUT2D eigenvalue weighted by atomic mass is 35.7. The van der Waals surface area contributed by atoms with Crippen LogP contribution >= 0.6 is 22.3 Å². The molecule has 0 atom stereocenters. The molecule has 4 nitrogen and oxygen atoms in total. The summed E-state index contributed by atoms with van der Waals surface area (Å²) in [5.41, 5.74) is 5.71. The number of hydrogen-bond donors (Lipinski definition) is 1. The van der Waals surface area contributed by atoms with Crippen molar-refractivity contribution in [2.24, 2.45) is 0 Å². The van der Waals surface area contributed by atoms with Gasteiger partial charge in [0.25, 0.3) is 9.05 Å². The van der Waals surface area contributed by atoms with E-state index in [0.717, 1.165) is 0 Å². The predicted octanol–water partition coefficient (Wildman–Crippen LogP) is 2.40. The number of aromatic nitrogens is 1. The molecule has 16 heavy (non-hydrogen) atoms. The average Bonchev–Trinajstić information content (AvgIpc) is 2.16. The van der Waals surface area contributed by atoms with E-state index in [0.29, 0.717) is 5.39 Å². The van der Waals surface area contributed by atoms with E-state index < -0.39 is 9.05 Å². The molecule has 0 radical (unpaired) electrons. The van der Waals surface area contributed by atoms with Gasteiger partial charge >= 0.3 is 0 Å². The van der Waals surface area contributed by atoms with E-state index in [-0.39, 0.29) is 21.3 Å². The quantitative estimate of drug-likeness (QED) is 0.812. The molecule has 0 unspecified atom stereocenters. The van der Waals surface area contributed by atoms with Crippen molar-refractivity contribution in [2.45, 2.75) is 4.90 Å². The summed E-state index contributed by atoms with van der Waals surface area (Å²) < 4.78 is 22.7. The van der Waals surface area contributed by atoms with Crippen LogP contribution in [0, 0.1) is 0 Å². The molecular weight excluding hydrogens is 271 g/mol. The molecule has 0 saturated heterocycles. The number of fused-ring (bicyclic) bond motifs is 1. The van der Waals surface area contributed by atoms with Crippen molar-refractivity contribution in [1.82, 2.24) is 4.98 Å². The number of halogens is 2. The highest BCUT2D eigenvalue weighted by molar-refractivity contribution is 8.14. The van der Waals surface area contributed by atoms with Gasteiger partial charge in [-0.05, 0) is 24.3 Å². The predicted molar refractivity (Wildman–Crippen MR) is 64.2 cm³/mol. The lowest BCUT2D eigenvalue weighted by Gasteiger charge is -2.04. The first-order chi connectivity index (χ1) is 7.38. The second-order valence-electron chi connectivity index (χ2n) is 3.15. The standard InChI is InChI=1S/C9H6Cl2N2O2S/c10-6-3-5-1-2-8(12)13-9(5)7(4-6)16(11,14)15/h1-4H,(H2,12,13). The fraction of sp³-hybridized carbons (Fsp3) is 0. The fourth-order valence-electron chi connectivity index (χ4n) is 1.37. The summed E-state index contributed by atoms with van der Waals surface area (Å²) in [6, 6.07) is 6.03. The van der Waals surface area contributed by atoms with Crippen LogP contribution in [-0.4, -0.2) is 13.4 Å². The van der Waals surface area contributed by atoms with E-state index in [9.17, 15) is 8.42 Å². The van der Waals surface area contributed by atoms with Crippen molar-refractivity contribution in [3.8, 4) is 0 Å². The zero-order chi connectivity index (χ0) is 11.9. The maximum atomic E-state index is 11.3. The largest absolute Gasteiger partial charge is 0.384 e. The van der Waals surface area contributed by atoms with Crippen molar-refractivity contribution < 1.29 is 8.42 Å². The van der Waals surface area contributed by atoms with Gasteiger partial charge in [-0.3, -0.25) is 0 Å². The molecule has 0 saturated carbocycles. The van der Waals surface area contributed by atoms with Crippen LogP contribution in [0.3, 0.4) is 0 Å². The van der Waals surface area contributed by atoms with Gasteiger partial charge in [-0.15, -0.1) is 0 Å². The van der Waals surface area contributed by atoms with Gasteiger partial charge in [0.15, 0.2) is 0 Å². The summed E-state index contributed by atoms with van der Waals surface area (Å²) >= 11 is 5.79. The number of pyridine rings is 1. The molecule has 2 aromatic rings. The molecule has 7 heteroatoms. The smallest absolute Gasteiger partial charge is 0.263 e. The van der Waals surface area contributed by atoms with Gasteiger partial charge in [0.2, 0.25) is 0 Å². The number of rotatable bonds is 1. The second kappa shape index (κ2) is 3.76. The fourth-order valence-corrected chi connectivity index (χ4v) is 2.67. The first-order valence-electron chi connectivity index (χ1n) is 4.18. The van der Waals surface area contributed by atoms with Gasteiger partial charge in [0.1, 0.15) is 10.7 Å². The van der Waals surface area contributed by atoms with Crippen LogP contribution in [0.25, 0.3) is 10.9 Å². The zero-order valence-electron chi connectivity index (χ0n) is 7.81. The minimum Gasteiger partial charge on any atom is -0.384 e. The van der Waals surface area contributed by atoms with Crippen molar-refractivity contribution in [1.29, 1.82) is 0 Å². The number of nitrogens with zero attached hydrogens (tertiary/aromatic N) is 1. The number of nitrogen functional groups attached to an aromatic ring is 1. The van der Waals surface area contributed by atoms with Crippen molar-refractivity contribution in [3.63, 3.8) is 0 Å². The van der Waals surface area contributed by atoms with Crippen molar-refractivity contribution in [3.05, 3.63) is 29.3 Å². The molecule has 0 amide bonds. The molecular formula is C9H6Cl2N2O2S. The molecule has 1 aromatic carbocycles. The summed E-state index contributed by atoms with van der Waals surface area (Å²) in [6.45, 7) is 0. The van der Waals surface area contributed by atoms with Gasteiger partial charge in [-0.2, -0.15) is 0 Å². The van der Waals surface area contributed by atoms with Crippen LogP contribution in [0.15, 0.2) is 29.2 Å². The third-order valence-corrected chi connectivity index (χ3v) is 3.56. The van der Waals surface area contributed by atoms with Gasteiger partial charge in [-0.1, -0.05) is 11.6 Å². The highest BCUT2D eigenvalue weighted by Gasteiger charge is 2.16. The number of anilines is 1. The summed E-state index contributed by atoms with van der Waals surface area (Å²) in [4.78, 5) is 3.80. The summed E-state index contributed by atoms with van der Waals surface area (Å²) in [5.74, 6) is 0.219. The SMILES string of the molecule is Nc1ccc2cc(Cl)cc(S(=O)(=O)Cl)c2n1. The summed E-state index contributed by atoms with van der Waals surface area (Å²) in [6.07, 6.45) is 0. The molecule has 0 spiro atoms. The van der Waals surface area contributed by atoms with E-state index in [2.05, 4.69) is 4.98 Å². The molecule has 2 N–H and O–H groups in total. The Morgan fingerprint density at radius 2 is 1.94 bits per heavy atom. The topological polar surface area (TPSA) is 73.1 Å². The summed E-state index contributed by atoms with van der Waals surface area (Å²) in [7, 11) is 1.40. The third-order valence-electron chi connectivity index (χ3n) is 2.01. The Kier molecular flexibility index (Phi) is 2.69. The monoisotopic (exact) mass is 276 g/mol. The van der Waals surface area contributed by atoms with Crippen LogP contribution in [0.2, 0.25) is 5.02 Å². The van der Waals surface area contributed by atoms with Crippen molar-refractivity contribution in [2.75, 3.05) is 5.73 Å². The first-order valence-corrected chi connectivity index (χ1v) is 6.87. The maximum Gasteiger partial charge on any atom is 0.263 e. The maximum absolute atomic E-state index is 11.3. The first kappa shape index (κ1) is 11.4. The highest BCUT2D eigenvalue weighted by Crippen LogP contribution is 2.28. The molecule has 1 aromatic heterocycles. The molecule has 0 aliphatic carbocycles. The Balaban J connectivity index is 2.96. The molecule has 0 aliphatic heterocycles. The van der Waals surface area contributed by atoms with Crippen LogP contribution in [0.4, 0.5) is 5.82 Å². The Bertz CT molecular complexity index is 671. The van der Waals surface area contributed by atoms with E-state index in [1.54, 1.807) is 18.2 Å². The second-order valence-corrected chi connectivity index (χ2v) is 6.12. The number of hydrogen-bond acceptors (Lipinski definition) is 4. The Morgan fingerprint density at radius 3 is 2.56 bits per heavy atom. The van der Waals surface area contributed by atoms with Gasteiger partial charge in [-0.25, -0.2) is 13.4 Å². The van der Waals surface area contributed by atoms with Gasteiger partial charge in [0.05, 0.1) is 5.52 Å².